The Morgan fingerprint density at radius 1 is 1.14 bits per heavy atom. The van der Waals surface area contributed by atoms with Gasteiger partial charge in [-0.2, -0.15) is 0 Å². The summed E-state index contributed by atoms with van der Waals surface area (Å²) in [6.45, 7) is 0. The molecule has 5 nitrogen and oxygen atoms in total. The summed E-state index contributed by atoms with van der Waals surface area (Å²) in [6.07, 6.45) is 0. The van der Waals surface area contributed by atoms with Gasteiger partial charge in [0.1, 0.15) is 18.6 Å². The number of hydrogen-bond donors (Lipinski definition) is 1. The first-order valence-corrected chi connectivity index (χ1v) is 7.31. The lowest BCUT2D eigenvalue weighted by Gasteiger charge is -2.12. The number of rotatable bonds is 5. The predicted octanol–water partition coefficient (Wildman–Crippen LogP) is 3.34. The summed E-state index contributed by atoms with van der Waals surface area (Å²) in [6, 6.07) is 14.6. The summed E-state index contributed by atoms with van der Waals surface area (Å²) in [5.41, 5.74) is 0.698. The fraction of sp³-hybridized carbons (Fsp3) is 0.125. The fourth-order valence-corrected chi connectivity index (χ4v) is 2.07. The second kappa shape index (κ2) is 7.61. The number of amides is 1. The van der Waals surface area contributed by atoms with Gasteiger partial charge in [-0.25, -0.2) is 0 Å². The summed E-state index contributed by atoms with van der Waals surface area (Å²) in [7, 11) is 2.92. The maximum Gasteiger partial charge on any atom is 0.273 e. The van der Waals surface area contributed by atoms with Gasteiger partial charge in [-0.3, -0.25) is 4.79 Å². The fourth-order valence-electron chi connectivity index (χ4n) is 1.80. The number of nitrogens with one attached hydrogen (secondary N) is 1. The number of carbonyl (C=O) groups is 1. The van der Waals surface area contributed by atoms with E-state index in [4.69, 9.17) is 9.57 Å². The van der Waals surface area contributed by atoms with Crippen LogP contribution < -0.4 is 10.1 Å². The lowest BCUT2D eigenvalue weighted by atomic mass is 10.1. The number of oxime groups is 1. The van der Waals surface area contributed by atoms with Gasteiger partial charge in [0.15, 0.2) is 5.71 Å². The highest BCUT2D eigenvalue weighted by Crippen LogP contribution is 2.27. The van der Waals surface area contributed by atoms with E-state index < -0.39 is 0 Å². The van der Waals surface area contributed by atoms with Crippen molar-refractivity contribution in [3.05, 3.63) is 58.6 Å². The van der Waals surface area contributed by atoms with Gasteiger partial charge in [-0.05, 0) is 36.4 Å². The first kappa shape index (κ1) is 16.0. The molecule has 0 aliphatic rings. The Kier molecular flexibility index (Phi) is 5.55. The van der Waals surface area contributed by atoms with Crippen molar-refractivity contribution < 1.29 is 14.4 Å². The molecule has 0 heterocycles. The van der Waals surface area contributed by atoms with Crippen LogP contribution in [0.4, 0.5) is 0 Å². The molecule has 0 atom stereocenters. The number of nitrogens with zero attached hydrogens (tertiary/aromatic N) is 1. The summed E-state index contributed by atoms with van der Waals surface area (Å²) >= 11 is 3.37. The molecular formula is C16H15BrN2O3. The molecule has 0 aliphatic heterocycles. The number of hydrogen-bond acceptors (Lipinski definition) is 4. The standard InChI is InChI=1S/C16H15BrN2O3/c1-18-16(20)15(19-21-2)13-5-3-4-6-14(13)22-12-9-7-11(17)8-10-12/h3-10H,1-2H3,(H,18,20)/b19-15+. The number of carbonyl (C=O) groups excluding carboxylic acids is 1. The van der Waals surface area contributed by atoms with E-state index in [0.717, 1.165) is 4.47 Å². The molecule has 1 amide bonds. The SMILES string of the molecule is CNC(=O)/C(=N/OC)c1ccccc1Oc1ccc(Br)cc1. The highest BCUT2D eigenvalue weighted by Gasteiger charge is 2.18. The van der Waals surface area contributed by atoms with Crippen LogP contribution in [0.5, 0.6) is 11.5 Å². The van der Waals surface area contributed by atoms with Gasteiger partial charge >= 0.3 is 0 Å². The monoisotopic (exact) mass is 362 g/mol. The number of halogens is 1. The highest BCUT2D eigenvalue weighted by atomic mass is 79.9. The van der Waals surface area contributed by atoms with Gasteiger partial charge in [-0.1, -0.05) is 33.2 Å². The van der Waals surface area contributed by atoms with Gasteiger partial charge in [0.05, 0.1) is 5.56 Å². The Labute approximate surface area is 137 Å². The molecule has 0 fully saturated rings. The zero-order chi connectivity index (χ0) is 15.9. The van der Waals surface area contributed by atoms with Crippen molar-refractivity contribution >= 4 is 27.5 Å². The van der Waals surface area contributed by atoms with Crippen molar-refractivity contribution in [2.75, 3.05) is 14.2 Å². The largest absolute Gasteiger partial charge is 0.457 e. The van der Waals surface area contributed by atoms with E-state index in [2.05, 4.69) is 26.4 Å². The predicted molar refractivity (Wildman–Crippen MR) is 88.3 cm³/mol. The van der Waals surface area contributed by atoms with E-state index in [1.54, 1.807) is 18.2 Å². The lowest BCUT2D eigenvalue weighted by Crippen LogP contribution is -2.28. The van der Waals surface area contributed by atoms with Crippen LogP contribution in [0.2, 0.25) is 0 Å². The van der Waals surface area contributed by atoms with Crippen molar-refractivity contribution in [3.8, 4) is 11.5 Å². The van der Waals surface area contributed by atoms with Gasteiger partial charge in [0.2, 0.25) is 0 Å². The lowest BCUT2D eigenvalue weighted by molar-refractivity contribution is -0.114. The number of para-hydroxylation sites is 1. The molecule has 2 aromatic carbocycles. The molecule has 1 N–H and O–H groups in total. The zero-order valence-corrected chi connectivity index (χ0v) is 13.8. The molecule has 114 valence electrons. The Bertz CT molecular complexity index is 684. The van der Waals surface area contributed by atoms with E-state index in [1.807, 2.05) is 30.3 Å². The van der Waals surface area contributed by atoms with Crippen LogP contribution >= 0.6 is 15.9 Å². The van der Waals surface area contributed by atoms with Crippen LogP contribution in [-0.4, -0.2) is 25.8 Å². The van der Waals surface area contributed by atoms with E-state index in [9.17, 15) is 4.79 Å². The third kappa shape index (κ3) is 3.85. The van der Waals surface area contributed by atoms with Crippen molar-refractivity contribution in [1.82, 2.24) is 5.32 Å². The van der Waals surface area contributed by atoms with E-state index in [0.29, 0.717) is 17.1 Å². The molecular weight excluding hydrogens is 348 g/mol. The topological polar surface area (TPSA) is 59.9 Å². The van der Waals surface area contributed by atoms with Crippen LogP contribution in [0.25, 0.3) is 0 Å². The summed E-state index contributed by atoms with van der Waals surface area (Å²) in [5.74, 6) is 0.822. The molecule has 0 unspecified atom stereocenters. The first-order chi connectivity index (χ1) is 10.7. The zero-order valence-electron chi connectivity index (χ0n) is 12.2. The molecule has 0 aliphatic carbocycles. The average molecular weight is 363 g/mol. The van der Waals surface area contributed by atoms with Crippen LogP contribution in [-0.2, 0) is 9.63 Å². The number of benzene rings is 2. The van der Waals surface area contributed by atoms with Crippen LogP contribution in [0.3, 0.4) is 0 Å². The maximum atomic E-state index is 12.0. The minimum atomic E-state index is -0.353. The summed E-state index contributed by atoms with van der Waals surface area (Å²) in [4.78, 5) is 16.7. The van der Waals surface area contributed by atoms with Gasteiger partial charge in [0.25, 0.3) is 5.91 Å². The maximum absolute atomic E-state index is 12.0. The molecule has 6 heteroatoms. The Balaban J connectivity index is 2.39. The summed E-state index contributed by atoms with van der Waals surface area (Å²) in [5, 5.41) is 6.33. The van der Waals surface area contributed by atoms with Crippen LogP contribution in [0.15, 0.2) is 58.2 Å². The van der Waals surface area contributed by atoms with E-state index in [-0.39, 0.29) is 11.6 Å². The van der Waals surface area contributed by atoms with Crippen molar-refractivity contribution in [2.24, 2.45) is 5.16 Å². The number of likely N-dealkylation sites (N-methyl/N-ethyl adjacent to an activating group) is 1. The minimum Gasteiger partial charge on any atom is -0.457 e. The van der Waals surface area contributed by atoms with Crippen LogP contribution in [0.1, 0.15) is 5.56 Å². The molecule has 0 radical (unpaired) electrons. The third-order valence-electron chi connectivity index (χ3n) is 2.81. The quantitative estimate of drug-likeness (QED) is 0.655. The minimum absolute atomic E-state index is 0.151. The van der Waals surface area contributed by atoms with Gasteiger partial charge in [-0.15, -0.1) is 0 Å². The molecule has 0 spiro atoms. The Hall–Kier alpha value is -2.34. The first-order valence-electron chi connectivity index (χ1n) is 6.51. The van der Waals surface area contributed by atoms with Crippen molar-refractivity contribution in [1.29, 1.82) is 0 Å². The third-order valence-corrected chi connectivity index (χ3v) is 3.34. The molecule has 0 aromatic heterocycles. The smallest absolute Gasteiger partial charge is 0.273 e. The second-order valence-electron chi connectivity index (χ2n) is 4.25. The van der Waals surface area contributed by atoms with E-state index >= 15 is 0 Å². The average Bonchev–Trinajstić information content (AvgIpc) is 2.55. The molecule has 0 saturated carbocycles. The van der Waals surface area contributed by atoms with Crippen molar-refractivity contribution in [3.63, 3.8) is 0 Å². The Morgan fingerprint density at radius 2 is 1.82 bits per heavy atom. The van der Waals surface area contributed by atoms with E-state index in [1.165, 1.54) is 14.2 Å². The van der Waals surface area contributed by atoms with Gasteiger partial charge < -0.3 is 14.9 Å². The second-order valence-corrected chi connectivity index (χ2v) is 5.17. The van der Waals surface area contributed by atoms with Crippen molar-refractivity contribution in [2.45, 2.75) is 0 Å². The number of ether oxygens (including phenoxy) is 1. The molecule has 2 rings (SSSR count). The highest BCUT2D eigenvalue weighted by molar-refractivity contribution is 9.10. The van der Waals surface area contributed by atoms with Gasteiger partial charge in [0, 0.05) is 11.5 Å². The summed E-state index contributed by atoms with van der Waals surface area (Å²) < 4.78 is 6.81. The molecule has 22 heavy (non-hydrogen) atoms. The van der Waals surface area contributed by atoms with Crippen LogP contribution in [0, 0.1) is 0 Å². The normalized spacial score (nSPS) is 11.0. The molecule has 2 aromatic rings. The molecule has 0 saturated heterocycles. The Morgan fingerprint density at radius 3 is 2.45 bits per heavy atom. The molecule has 0 bridgehead atoms.